The minimum Gasteiger partial charge on any atom is -0.333 e. The average molecular weight is 231 g/mol. The molecular formula is CH4BINPS. The lowest BCUT2D eigenvalue weighted by Gasteiger charge is -1.51. The van der Waals surface area contributed by atoms with E-state index in [1.807, 2.05) is 0 Å². The van der Waals surface area contributed by atoms with E-state index >= 15 is 0 Å². The van der Waals surface area contributed by atoms with Crippen LogP contribution in [0.4, 0.5) is 0 Å². The van der Waals surface area contributed by atoms with E-state index in [4.69, 9.17) is 0 Å². The molecule has 0 aliphatic carbocycles. The minimum atomic E-state index is -0.0700. The summed E-state index contributed by atoms with van der Waals surface area (Å²) < 4.78 is 3.31. The van der Waals surface area contributed by atoms with Crippen molar-refractivity contribution in [1.82, 2.24) is 0 Å². The predicted octanol–water partition coefficient (Wildman–Crippen LogP) is 1.63. The summed E-state index contributed by atoms with van der Waals surface area (Å²) in [6, 6.07) is 0. The second kappa shape index (κ2) is 16.5. The molecule has 0 spiro atoms. The Bertz CT molecular complexity index is 38.5. The highest BCUT2D eigenvalue weighted by atomic mass is 127. The SMILES string of the molecule is C=S.[B]N=IP. The summed E-state index contributed by atoms with van der Waals surface area (Å²) >= 11 is 3.76. The molecule has 0 aliphatic heterocycles. The molecule has 0 fully saturated rings. The van der Waals surface area contributed by atoms with Crippen LogP contribution in [0.3, 0.4) is 0 Å². The molecule has 5 heteroatoms. The second-order valence-corrected chi connectivity index (χ2v) is 2.62. The van der Waals surface area contributed by atoms with Gasteiger partial charge in [0.25, 0.3) is 7.98 Å². The van der Waals surface area contributed by atoms with Crippen LogP contribution < -0.4 is 0 Å². The first-order valence-electron chi connectivity index (χ1n) is 0.934. The van der Waals surface area contributed by atoms with Gasteiger partial charge in [0, 0.05) is 0 Å². The van der Waals surface area contributed by atoms with Crippen molar-refractivity contribution < 1.29 is 0 Å². The number of rotatable bonds is 0. The van der Waals surface area contributed by atoms with Gasteiger partial charge < -0.3 is 3.06 Å². The van der Waals surface area contributed by atoms with Crippen molar-refractivity contribution in [1.29, 1.82) is 0 Å². The van der Waals surface area contributed by atoms with Crippen LogP contribution >= 0.6 is 39.6 Å². The monoisotopic (exact) mass is 231 g/mol. The molecule has 0 aromatic heterocycles. The van der Waals surface area contributed by atoms with Crippen LogP contribution in [0.15, 0.2) is 3.06 Å². The third-order valence-electron chi connectivity index (χ3n) is 0.0563. The summed E-state index contributed by atoms with van der Waals surface area (Å²) in [4.78, 5) is 0. The highest BCUT2D eigenvalue weighted by molar-refractivity contribution is 14.2. The zero-order valence-electron chi connectivity index (χ0n) is 3.10. The molecule has 0 heterocycles. The Labute approximate surface area is 56.4 Å². The smallest absolute Gasteiger partial charge is 0.268 e. The zero-order valence-corrected chi connectivity index (χ0v) is 7.22. The Morgan fingerprint density at radius 2 is 2.00 bits per heavy atom. The summed E-state index contributed by atoms with van der Waals surface area (Å²) in [5.41, 5.74) is 0. The predicted molar refractivity (Wildman–Crippen MR) is 46.6 cm³/mol. The van der Waals surface area contributed by atoms with E-state index in [-0.39, 0.29) is 20.5 Å². The van der Waals surface area contributed by atoms with Crippen molar-refractivity contribution in [3.63, 3.8) is 0 Å². The number of thiocarbonyl (C=S) groups is 1. The molecule has 1 unspecified atom stereocenters. The van der Waals surface area contributed by atoms with Crippen LogP contribution in [0.2, 0.25) is 0 Å². The molecule has 1 nitrogen and oxygen atoms in total. The van der Waals surface area contributed by atoms with Crippen LogP contribution in [0.1, 0.15) is 0 Å². The van der Waals surface area contributed by atoms with Gasteiger partial charge in [-0.3, -0.25) is 0 Å². The molecule has 0 amide bonds. The number of nitrogens with zero attached hydrogens (tertiary/aromatic N) is 1. The van der Waals surface area contributed by atoms with Gasteiger partial charge >= 0.3 is 0 Å². The lowest BCUT2D eigenvalue weighted by Crippen LogP contribution is -1.26. The second-order valence-electron chi connectivity index (χ2n) is 0.195. The maximum absolute atomic E-state index is 4.68. The zero-order chi connectivity index (χ0) is 5.41. The van der Waals surface area contributed by atoms with E-state index in [2.05, 4.69) is 36.0 Å². The molecular weight excluding hydrogens is 227 g/mol. The van der Waals surface area contributed by atoms with Crippen molar-refractivity contribution in [2.45, 2.75) is 0 Å². The Morgan fingerprint density at radius 3 is 2.00 bits per heavy atom. The summed E-state index contributed by atoms with van der Waals surface area (Å²) in [5, 5.41) is 0. The molecule has 0 saturated carbocycles. The first kappa shape index (κ1) is 10.2. The van der Waals surface area contributed by atoms with E-state index in [9.17, 15) is 0 Å². The van der Waals surface area contributed by atoms with E-state index in [0.29, 0.717) is 0 Å². The van der Waals surface area contributed by atoms with Gasteiger partial charge in [-0.25, -0.2) is 0 Å². The van der Waals surface area contributed by atoms with Crippen molar-refractivity contribution in [3.05, 3.63) is 0 Å². The molecule has 1 atom stereocenters. The van der Waals surface area contributed by atoms with Gasteiger partial charge in [0.2, 0.25) is 0 Å². The van der Waals surface area contributed by atoms with E-state index < -0.39 is 0 Å². The Morgan fingerprint density at radius 1 is 1.83 bits per heavy atom. The van der Waals surface area contributed by atoms with Gasteiger partial charge in [-0.15, -0.1) is 0 Å². The van der Waals surface area contributed by atoms with Crippen LogP contribution in [0.5, 0.6) is 0 Å². The summed E-state index contributed by atoms with van der Waals surface area (Å²) in [7, 11) is 4.68. The summed E-state index contributed by atoms with van der Waals surface area (Å²) in [6.45, 7) is 2.47. The fraction of sp³-hybridized carbons (Fsp3) is 0. The molecule has 0 rings (SSSR count). The van der Waals surface area contributed by atoms with Crippen LogP contribution in [-0.2, 0) is 0 Å². The first-order chi connectivity index (χ1) is 2.91. The number of hydrogen-bond acceptors (Lipinski definition) is 2. The number of hydrogen-bond donors (Lipinski definition) is 0. The third kappa shape index (κ3) is 19.4. The van der Waals surface area contributed by atoms with E-state index in [1.54, 1.807) is 0 Å². The lowest BCUT2D eigenvalue weighted by molar-refractivity contribution is 2.11. The summed E-state index contributed by atoms with van der Waals surface area (Å²) in [6.07, 6.45) is 0. The molecule has 0 N–H and O–H groups in total. The van der Waals surface area contributed by atoms with Gasteiger partial charge in [0.1, 0.15) is 0 Å². The van der Waals surface area contributed by atoms with Crippen LogP contribution in [0.25, 0.3) is 0 Å². The highest BCUT2D eigenvalue weighted by Gasteiger charge is 1.35. The maximum Gasteiger partial charge on any atom is 0.268 e. The van der Waals surface area contributed by atoms with Crippen molar-refractivity contribution in [2.75, 3.05) is 0 Å². The van der Waals surface area contributed by atoms with Crippen molar-refractivity contribution >= 4 is 53.4 Å². The molecule has 2 radical (unpaired) electrons. The van der Waals surface area contributed by atoms with Crippen LogP contribution in [0, 0.1) is 0 Å². The van der Waals surface area contributed by atoms with Gasteiger partial charge in [-0.1, -0.05) is 19.1 Å². The third-order valence-corrected chi connectivity index (χ3v) is 1.13. The Hall–Kier alpha value is 1.11. The fourth-order valence-electron chi connectivity index (χ4n) is 0. The topological polar surface area (TPSA) is 12.4 Å². The van der Waals surface area contributed by atoms with Crippen molar-refractivity contribution in [2.24, 2.45) is 3.06 Å². The van der Waals surface area contributed by atoms with E-state index in [1.165, 1.54) is 0 Å². The largest absolute Gasteiger partial charge is 0.333 e. The minimum absolute atomic E-state index is 0.0700. The fourth-order valence-corrected chi connectivity index (χ4v) is 0. The van der Waals surface area contributed by atoms with Crippen molar-refractivity contribution in [3.8, 4) is 0 Å². The molecule has 6 heavy (non-hydrogen) atoms. The molecule has 0 aromatic carbocycles. The maximum atomic E-state index is 4.68. The van der Waals surface area contributed by atoms with E-state index in [0.717, 1.165) is 0 Å². The van der Waals surface area contributed by atoms with Gasteiger partial charge in [0.05, 0.1) is 0 Å². The lowest BCUT2D eigenvalue weighted by atomic mass is 10.5. The average Bonchev–Trinajstić information content (AvgIpc) is 1.72. The quantitative estimate of drug-likeness (QED) is 0.267. The number of halogens is 1. The molecule has 0 aliphatic rings. The molecule has 34 valence electrons. The molecule has 0 saturated heterocycles. The van der Waals surface area contributed by atoms with Gasteiger partial charge in [0.15, 0.2) is 0 Å². The normalized spacial score (nSPS) is 8.17. The van der Waals surface area contributed by atoms with Crippen LogP contribution in [-0.4, -0.2) is 13.9 Å². The Balaban J connectivity index is 0. The summed E-state index contributed by atoms with van der Waals surface area (Å²) in [5.74, 6) is 2.83. The molecule has 0 aromatic rings. The molecule has 0 bridgehead atoms. The Kier molecular flexibility index (Phi) is 27.9. The highest BCUT2D eigenvalue weighted by Crippen LogP contribution is 2.06. The standard InChI is InChI=1S/CH2S.BH2INP/c1-2;1-3-2-4/h1H2;4H2. The van der Waals surface area contributed by atoms with Gasteiger partial charge in [-0.05, 0) is 26.4 Å². The first-order valence-corrected chi connectivity index (χ1v) is 6.65. The van der Waals surface area contributed by atoms with Gasteiger partial charge in [-0.2, -0.15) is 0 Å².